The Hall–Kier alpha value is -1.31. The molecule has 2 heterocycles. The van der Waals surface area contributed by atoms with Gasteiger partial charge in [0.05, 0.1) is 0 Å². The molecule has 0 aliphatic rings. The first-order chi connectivity index (χ1) is 9.34. The molecule has 0 amide bonds. The first-order valence-electron chi connectivity index (χ1n) is 6.08. The van der Waals surface area contributed by atoms with E-state index in [0.717, 1.165) is 6.07 Å². The number of nitrogens with zero attached hydrogens (tertiary/aromatic N) is 4. The van der Waals surface area contributed by atoms with Crippen molar-refractivity contribution in [2.75, 3.05) is 16.8 Å². The maximum Gasteiger partial charge on any atom is 0.435 e. The molecule has 2 aromatic rings. The van der Waals surface area contributed by atoms with Crippen LogP contribution in [-0.2, 0) is 6.18 Å². The van der Waals surface area contributed by atoms with E-state index in [0.29, 0.717) is 23.2 Å². The second kappa shape index (κ2) is 5.59. The van der Waals surface area contributed by atoms with Gasteiger partial charge in [0.1, 0.15) is 5.52 Å². The Balaban J connectivity index is 2.56. The van der Waals surface area contributed by atoms with Gasteiger partial charge in [0, 0.05) is 36.4 Å². The Labute approximate surface area is 122 Å². The normalized spacial score (nSPS) is 12.3. The number of rotatable bonds is 4. The molecule has 0 bridgehead atoms. The fourth-order valence-corrected chi connectivity index (χ4v) is 2.35. The Kier molecular flexibility index (Phi) is 4.22. The van der Waals surface area contributed by atoms with Crippen molar-refractivity contribution in [2.24, 2.45) is 0 Å². The third kappa shape index (κ3) is 2.89. The van der Waals surface area contributed by atoms with E-state index in [1.54, 1.807) is 0 Å². The summed E-state index contributed by atoms with van der Waals surface area (Å²) in [4.78, 5) is 6.16. The van der Waals surface area contributed by atoms with E-state index in [-0.39, 0.29) is 6.04 Å². The third-order valence-corrected chi connectivity index (χ3v) is 3.24. The summed E-state index contributed by atoms with van der Waals surface area (Å²) in [5, 5.41) is 4.26. The van der Waals surface area contributed by atoms with Gasteiger partial charge in [0.15, 0.2) is 11.5 Å². The van der Waals surface area contributed by atoms with Crippen LogP contribution in [0.15, 0.2) is 18.5 Å². The van der Waals surface area contributed by atoms with Crippen molar-refractivity contribution in [1.29, 1.82) is 0 Å². The molecule has 0 N–H and O–H groups in total. The molecule has 0 unspecified atom stereocenters. The lowest BCUT2D eigenvalue weighted by Gasteiger charge is -2.27. The molecule has 2 rings (SSSR count). The van der Waals surface area contributed by atoms with Gasteiger partial charge in [-0.1, -0.05) is 15.9 Å². The van der Waals surface area contributed by atoms with Crippen molar-refractivity contribution in [2.45, 2.75) is 26.1 Å². The molecule has 8 heteroatoms. The van der Waals surface area contributed by atoms with Crippen LogP contribution in [0.1, 0.15) is 19.5 Å². The number of hydrogen-bond donors (Lipinski definition) is 0. The minimum Gasteiger partial charge on any atom is -0.352 e. The van der Waals surface area contributed by atoms with Crippen molar-refractivity contribution in [3.8, 4) is 0 Å². The van der Waals surface area contributed by atoms with Crippen LogP contribution in [0.4, 0.5) is 19.0 Å². The smallest absolute Gasteiger partial charge is 0.352 e. The van der Waals surface area contributed by atoms with Crippen LogP contribution in [0.5, 0.6) is 0 Å². The Morgan fingerprint density at radius 2 is 2.10 bits per heavy atom. The minimum absolute atomic E-state index is 0.121. The Morgan fingerprint density at radius 3 is 2.65 bits per heavy atom. The summed E-state index contributed by atoms with van der Waals surface area (Å²) in [5.41, 5.74) is -0.552. The summed E-state index contributed by atoms with van der Waals surface area (Å²) < 4.78 is 39.5. The first kappa shape index (κ1) is 15.1. The highest BCUT2D eigenvalue weighted by Gasteiger charge is 2.34. The predicted molar refractivity (Wildman–Crippen MR) is 74.3 cm³/mol. The Bertz CT molecular complexity index is 594. The van der Waals surface area contributed by atoms with Gasteiger partial charge >= 0.3 is 6.18 Å². The molecule has 0 aromatic carbocycles. The van der Waals surface area contributed by atoms with E-state index in [1.165, 1.54) is 16.9 Å². The highest BCUT2D eigenvalue weighted by molar-refractivity contribution is 9.09. The lowest BCUT2D eigenvalue weighted by Crippen LogP contribution is -2.33. The standard InChI is InChI=1S/C12H14BrF3N4/c1-8(2)19(5-3-13)11-9-7-10(12(14,15)16)18-20(9)6-4-17-11/h4,6-8H,3,5H2,1-2H3. The van der Waals surface area contributed by atoms with E-state index < -0.39 is 11.9 Å². The van der Waals surface area contributed by atoms with Gasteiger partial charge in [-0.3, -0.25) is 0 Å². The maximum atomic E-state index is 12.7. The third-order valence-electron chi connectivity index (χ3n) is 2.88. The second-order valence-electron chi connectivity index (χ2n) is 4.58. The van der Waals surface area contributed by atoms with Gasteiger partial charge in [-0.2, -0.15) is 18.3 Å². The molecule has 110 valence electrons. The first-order valence-corrected chi connectivity index (χ1v) is 7.21. The monoisotopic (exact) mass is 350 g/mol. The molecular weight excluding hydrogens is 337 g/mol. The Morgan fingerprint density at radius 1 is 1.40 bits per heavy atom. The van der Waals surface area contributed by atoms with Crippen LogP contribution in [-0.4, -0.2) is 32.5 Å². The van der Waals surface area contributed by atoms with Crippen LogP contribution in [0.25, 0.3) is 5.52 Å². The SMILES string of the molecule is CC(C)N(CCBr)c1nccn2nc(C(F)(F)F)cc12. The number of alkyl halides is 4. The van der Waals surface area contributed by atoms with Crippen LogP contribution in [0.3, 0.4) is 0 Å². The average Bonchev–Trinajstić information content (AvgIpc) is 2.79. The van der Waals surface area contributed by atoms with E-state index >= 15 is 0 Å². The highest BCUT2D eigenvalue weighted by atomic mass is 79.9. The largest absolute Gasteiger partial charge is 0.435 e. The minimum atomic E-state index is -4.46. The lowest BCUT2D eigenvalue weighted by molar-refractivity contribution is -0.141. The quantitative estimate of drug-likeness (QED) is 0.792. The number of fused-ring (bicyclic) bond motifs is 1. The van der Waals surface area contributed by atoms with Crippen LogP contribution < -0.4 is 4.90 Å². The number of halogens is 4. The van der Waals surface area contributed by atoms with E-state index in [9.17, 15) is 13.2 Å². The van der Waals surface area contributed by atoms with Crippen molar-refractivity contribution in [3.63, 3.8) is 0 Å². The molecule has 0 fully saturated rings. The number of aromatic nitrogens is 3. The average molecular weight is 351 g/mol. The fraction of sp³-hybridized carbons (Fsp3) is 0.500. The van der Waals surface area contributed by atoms with Gasteiger partial charge in [-0.25, -0.2) is 9.50 Å². The molecule has 4 nitrogen and oxygen atoms in total. The van der Waals surface area contributed by atoms with Crippen molar-refractivity contribution < 1.29 is 13.2 Å². The van der Waals surface area contributed by atoms with E-state index in [4.69, 9.17) is 0 Å². The number of hydrogen-bond acceptors (Lipinski definition) is 3. The lowest BCUT2D eigenvalue weighted by atomic mass is 10.3. The van der Waals surface area contributed by atoms with Crippen LogP contribution in [0.2, 0.25) is 0 Å². The molecule has 20 heavy (non-hydrogen) atoms. The summed E-state index contributed by atoms with van der Waals surface area (Å²) in [6.45, 7) is 4.58. The van der Waals surface area contributed by atoms with E-state index in [2.05, 4.69) is 26.0 Å². The summed E-state index contributed by atoms with van der Waals surface area (Å²) in [6.07, 6.45) is -1.58. The molecule has 2 aromatic heterocycles. The summed E-state index contributed by atoms with van der Waals surface area (Å²) in [6, 6.07) is 1.15. The predicted octanol–water partition coefficient (Wildman–Crippen LogP) is 3.36. The van der Waals surface area contributed by atoms with Gasteiger partial charge in [0.25, 0.3) is 0 Å². The fourth-order valence-electron chi connectivity index (χ4n) is 1.97. The van der Waals surface area contributed by atoms with E-state index in [1.807, 2.05) is 18.7 Å². The molecule has 0 saturated carbocycles. The second-order valence-corrected chi connectivity index (χ2v) is 5.38. The molecular formula is C12H14BrF3N4. The van der Waals surface area contributed by atoms with Crippen molar-refractivity contribution >= 4 is 27.3 Å². The molecule has 0 saturated heterocycles. The van der Waals surface area contributed by atoms with Gasteiger partial charge in [0.2, 0.25) is 0 Å². The summed E-state index contributed by atoms with van der Waals surface area (Å²) >= 11 is 3.34. The molecule has 0 aliphatic heterocycles. The maximum absolute atomic E-state index is 12.7. The molecule has 0 atom stereocenters. The zero-order valence-corrected chi connectivity index (χ0v) is 12.6. The molecule has 0 radical (unpaired) electrons. The van der Waals surface area contributed by atoms with Gasteiger partial charge in [-0.15, -0.1) is 0 Å². The summed E-state index contributed by atoms with van der Waals surface area (Å²) in [7, 11) is 0. The van der Waals surface area contributed by atoms with Crippen molar-refractivity contribution in [1.82, 2.24) is 14.6 Å². The zero-order valence-electron chi connectivity index (χ0n) is 11.0. The molecule has 0 aliphatic carbocycles. The van der Waals surface area contributed by atoms with Crippen LogP contribution in [0, 0.1) is 0 Å². The summed E-state index contributed by atoms with van der Waals surface area (Å²) in [5.74, 6) is 0.505. The van der Waals surface area contributed by atoms with Gasteiger partial charge in [-0.05, 0) is 13.8 Å². The highest BCUT2D eigenvalue weighted by Crippen LogP contribution is 2.31. The number of anilines is 1. The van der Waals surface area contributed by atoms with Gasteiger partial charge < -0.3 is 4.90 Å². The van der Waals surface area contributed by atoms with Crippen molar-refractivity contribution in [3.05, 3.63) is 24.2 Å². The zero-order chi connectivity index (χ0) is 14.9. The molecule has 0 spiro atoms. The van der Waals surface area contributed by atoms with Crippen LogP contribution >= 0.6 is 15.9 Å². The topological polar surface area (TPSA) is 33.4 Å².